The van der Waals surface area contributed by atoms with Crippen LogP contribution >= 0.6 is 0 Å². The molecule has 290 valence electrons. The first-order chi connectivity index (χ1) is 30.8. The van der Waals surface area contributed by atoms with Crippen LogP contribution in [-0.4, -0.2) is 0 Å². The molecule has 0 spiro atoms. The summed E-state index contributed by atoms with van der Waals surface area (Å²) in [6.07, 6.45) is 0. The van der Waals surface area contributed by atoms with Gasteiger partial charge in [-0.15, -0.1) is 0 Å². The van der Waals surface area contributed by atoms with E-state index in [0.717, 1.165) is 61.3 Å². The fourth-order valence-corrected chi connectivity index (χ4v) is 9.67. The molecule has 0 amide bonds. The quantitative estimate of drug-likeness (QED) is 0.150. The lowest BCUT2D eigenvalue weighted by Crippen LogP contribution is -2.12. The predicted molar refractivity (Wildman–Crippen MR) is 263 cm³/mol. The molecule has 0 unspecified atom stereocenters. The number of rotatable bonds is 7. The number of hydrogen-bond acceptors (Lipinski definition) is 2. The van der Waals surface area contributed by atoms with Crippen LogP contribution in [-0.2, 0) is 0 Å². The summed E-state index contributed by atoms with van der Waals surface area (Å²) < 4.78 is 7.00. The third-order valence-electron chi connectivity index (χ3n) is 12.5. The minimum atomic E-state index is 0.857. The maximum atomic E-state index is 7.00. The van der Waals surface area contributed by atoms with Crippen molar-refractivity contribution in [2.75, 3.05) is 4.90 Å². The van der Waals surface area contributed by atoms with Gasteiger partial charge in [-0.2, -0.15) is 0 Å². The molecule has 1 heterocycles. The Morgan fingerprint density at radius 1 is 0.290 bits per heavy atom. The number of benzene rings is 11. The monoisotopic (exact) mass is 789 g/mol. The van der Waals surface area contributed by atoms with Crippen molar-refractivity contribution < 1.29 is 4.42 Å². The van der Waals surface area contributed by atoms with Crippen LogP contribution in [0.1, 0.15) is 0 Å². The van der Waals surface area contributed by atoms with Crippen molar-refractivity contribution in [3.8, 4) is 44.5 Å². The van der Waals surface area contributed by atoms with Gasteiger partial charge in [-0.1, -0.05) is 194 Å². The average Bonchev–Trinajstić information content (AvgIpc) is 3.74. The van der Waals surface area contributed by atoms with Gasteiger partial charge in [0.25, 0.3) is 0 Å². The maximum absolute atomic E-state index is 7.00. The van der Waals surface area contributed by atoms with Gasteiger partial charge in [0.05, 0.1) is 16.8 Å². The van der Waals surface area contributed by atoms with E-state index in [2.05, 4.69) is 241 Å². The van der Waals surface area contributed by atoms with Gasteiger partial charge in [0.1, 0.15) is 11.2 Å². The molecule has 1 aromatic heterocycles. The topological polar surface area (TPSA) is 16.4 Å². The van der Waals surface area contributed by atoms with Crippen molar-refractivity contribution in [1.82, 2.24) is 0 Å². The molecule has 0 N–H and O–H groups in total. The van der Waals surface area contributed by atoms with Crippen molar-refractivity contribution in [2.24, 2.45) is 0 Å². The Kier molecular flexibility index (Phi) is 8.53. The molecule has 62 heavy (non-hydrogen) atoms. The van der Waals surface area contributed by atoms with Crippen molar-refractivity contribution in [1.29, 1.82) is 0 Å². The normalized spacial score (nSPS) is 11.5. The minimum Gasteiger partial charge on any atom is -0.455 e. The number of fused-ring (bicyclic) bond motifs is 7. The Bertz CT molecular complexity index is 3650. The summed E-state index contributed by atoms with van der Waals surface area (Å²) in [5.74, 6) is 0. The third-order valence-corrected chi connectivity index (χ3v) is 12.5. The molecule has 0 atom stereocenters. The molecule has 2 nitrogen and oxygen atoms in total. The first-order valence-corrected chi connectivity index (χ1v) is 21.3. The van der Waals surface area contributed by atoms with Crippen LogP contribution in [0.5, 0.6) is 0 Å². The summed E-state index contributed by atoms with van der Waals surface area (Å²) in [6.45, 7) is 0. The van der Waals surface area contributed by atoms with E-state index in [9.17, 15) is 0 Å². The van der Waals surface area contributed by atoms with Crippen LogP contribution in [0.4, 0.5) is 17.1 Å². The van der Waals surface area contributed by atoms with Crippen LogP contribution in [0.15, 0.2) is 241 Å². The number of hydrogen-bond donors (Lipinski definition) is 0. The van der Waals surface area contributed by atoms with Gasteiger partial charge in [-0.25, -0.2) is 0 Å². The number of para-hydroxylation sites is 2. The highest BCUT2D eigenvalue weighted by atomic mass is 16.3. The molecule has 0 saturated heterocycles. The van der Waals surface area contributed by atoms with Crippen molar-refractivity contribution in [2.45, 2.75) is 0 Å². The minimum absolute atomic E-state index is 0.857. The van der Waals surface area contributed by atoms with Crippen LogP contribution in [0, 0.1) is 0 Å². The second kappa shape index (κ2) is 14.8. The Morgan fingerprint density at radius 3 is 1.71 bits per heavy atom. The molecule has 11 aromatic carbocycles. The molecular weight excluding hydrogens is 751 g/mol. The highest BCUT2D eigenvalue weighted by Gasteiger charge is 2.25. The van der Waals surface area contributed by atoms with Crippen LogP contribution in [0.25, 0.3) is 98.8 Å². The number of furan rings is 1. The van der Waals surface area contributed by atoms with E-state index in [1.165, 1.54) is 54.6 Å². The standard InChI is InChI=1S/C60H39NO/c1-2-18-40(19-3-1)45-25-8-9-27-47(45)42-23-16-24-44(38-42)61(56-34-14-12-31-52(56)55-39-43-21-5-7-28-48(43)49-29-10-11-30-51(49)55)57-37-36-53(50-33-17-22-41-20-4-6-26-46(41)50)60-59(57)54-32-13-15-35-58(54)62-60/h1-39H. The van der Waals surface area contributed by atoms with E-state index in [-0.39, 0.29) is 0 Å². The molecule has 0 aliphatic rings. The first-order valence-electron chi connectivity index (χ1n) is 21.3. The van der Waals surface area contributed by atoms with Gasteiger partial charge in [0.15, 0.2) is 0 Å². The van der Waals surface area contributed by atoms with Crippen molar-refractivity contribution >= 4 is 71.3 Å². The highest BCUT2D eigenvalue weighted by Crippen LogP contribution is 2.50. The molecule has 0 fully saturated rings. The van der Waals surface area contributed by atoms with E-state index in [4.69, 9.17) is 4.42 Å². The second-order valence-electron chi connectivity index (χ2n) is 16.0. The highest BCUT2D eigenvalue weighted by molar-refractivity contribution is 6.20. The smallest absolute Gasteiger partial charge is 0.145 e. The molecular formula is C60H39NO. The Labute approximate surface area is 360 Å². The van der Waals surface area contributed by atoms with E-state index in [1.807, 2.05) is 0 Å². The fraction of sp³-hybridized carbons (Fsp3) is 0. The van der Waals surface area contributed by atoms with Crippen molar-refractivity contribution in [3.63, 3.8) is 0 Å². The molecule has 12 rings (SSSR count). The molecule has 0 aliphatic carbocycles. The summed E-state index contributed by atoms with van der Waals surface area (Å²) in [7, 11) is 0. The Morgan fingerprint density at radius 2 is 0.871 bits per heavy atom. The summed E-state index contributed by atoms with van der Waals surface area (Å²) in [5.41, 5.74) is 14.1. The van der Waals surface area contributed by atoms with Crippen LogP contribution in [0.3, 0.4) is 0 Å². The lowest BCUT2D eigenvalue weighted by atomic mass is 9.91. The zero-order valence-corrected chi connectivity index (χ0v) is 33.9. The van der Waals surface area contributed by atoms with Gasteiger partial charge < -0.3 is 9.32 Å². The molecule has 0 bridgehead atoms. The second-order valence-corrected chi connectivity index (χ2v) is 16.0. The van der Waals surface area contributed by atoms with E-state index < -0.39 is 0 Å². The summed E-state index contributed by atoms with van der Waals surface area (Å²) in [4.78, 5) is 2.46. The average molecular weight is 790 g/mol. The first kappa shape index (κ1) is 35.7. The van der Waals surface area contributed by atoms with E-state index >= 15 is 0 Å². The Balaban J connectivity index is 1.16. The van der Waals surface area contributed by atoms with E-state index in [0.29, 0.717) is 0 Å². The third kappa shape index (κ3) is 5.88. The molecule has 12 aromatic rings. The SMILES string of the molecule is c1ccc(-c2ccccc2-c2cccc(N(c3ccccc3-c3cc4ccccc4c4ccccc34)c3ccc(-c4cccc5ccccc45)c4oc5ccccc5c34)c2)cc1. The van der Waals surface area contributed by atoms with Gasteiger partial charge in [0, 0.05) is 22.2 Å². The Hall–Kier alpha value is -8.20. The summed E-state index contributed by atoms with van der Waals surface area (Å²) in [6, 6.07) is 85.4. The zero-order chi connectivity index (χ0) is 41.0. The maximum Gasteiger partial charge on any atom is 0.145 e. The lowest BCUT2D eigenvalue weighted by molar-refractivity contribution is 0.670. The molecule has 0 saturated carbocycles. The van der Waals surface area contributed by atoms with Crippen LogP contribution < -0.4 is 4.90 Å². The molecule has 0 radical (unpaired) electrons. The lowest BCUT2D eigenvalue weighted by Gasteiger charge is -2.30. The van der Waals surface area contributed by atoms with Crippen LogP contribution in [0.2, 0.25) is 0 Å². The van der Waals surface area contributed by atoms with Gasteiger partial charge in [-0.3, -0.25) is 0 Å². The largest absolute Gasteiger partial charge is 0.455 e. The van der Waals surface area contributed by atoms with Gasteiger partial charge in [0.2, 0.25) is 0 Å². The summed E-state index contributed by atoms with van der Waals surface area (Å²) >= 11 is 0. The zero-order valence-electron chi connectivity index (χ0n) is 33.9. The van der Waals surface area contributed by atoms with E-state index in [1.54, 1.807) is 0 Å². The fourth-order valence-electron chi connectivity index (χ4n) is 9.67. The number of anilines is 3. The predicted octanol–water partition coefficient (Wildman–Crippen LogP) is 17.2. The molecule has 2 heteroatoms. The van der Waals surface area contributed by atoms with Crippen molar-refractivity contribution in [3.05, 3.63) is 237 Å². The number of nitrogens with zero attached hydrogens (tertiary/aromatic N) is 1. The summed E-state index contributed by atoms with van der Waals surface area (Å²) in [5, 5.41) is 9.46. The molecule has 0 aliphatic heterocycles. The van der Waals surface area contributed by atoms with Gasteiger partial charge in [-0.05, 0) is 108 Å². The van der Waals surface area contributed by atoms with Gasteiger partial charge >= 0.3 is 0 Å².